The minimum atomic E-state index is -1.02. The number of aromatic nitrogens is 1. The summed E-state index contributed by atoms with van der Waals surface area (Å²) < 4.78 is 0. The highest BCUT2D eigenvalue weighted by Gasteiger charge is 2.33. The molecule has 0 bridgehead atoms. The molecule has 0 radical (unpaired) electrons. The number of hydrogen-bond donors (Lipinski definition) is 1. The van der Waals surface area contributed by atoms with Crippen molar-refractivity contribution >= 4 is 12.4 Å². The summed E-state index contributed by atoms with van der Waals surface area (Å²) in [5.74, 6) is 0. The number of hydrogen-bond acceptors (Lipinski definition) is 3. The molecule has 3 unspecified atom stereocenters. The largest absolute Gasteiger partial charge is 0.379 e. The predicted octanol–water partition coefficient (Wildman–Crippen LogP) is 4.78. The molecule has 1 aromatic carbocycles. The smallest absolute Gasteiger partial charge is 0.131 e. The van der Waals surface area contributed by atoms with Gasteiger partial charge in [0.05, 0.1) is 5.69 Å². The zero-order valence-corrected chi connectivity index (χ0v) is 16.7. The SMILES string of the molecule is CC1CCCC(C)N1CCCC(O)(c1ccccc1)c1ccccn1.Cl. The monoisotopic (exact) mass is 374 g/mol. The maximum atomic E-state index is 11.5. The van der Waals surface area contributed by atoms with Gasteiger partial charge in [0.2, 0.25) is 0 Å². The van der Waals surface area contributed by atoms with Crippen molar-refractivity contribution in [3.8, 4) is 0 Å². The molecule has 3 atom stereocenters. The summed E-state index contributed by atoms with van der Waals surface area (Å²) in [7, 11) is 0. The molecular formula is C22H31ClN2O. The number of nitrogens with zero attached hydrogens (tertiary/aromatic N) is 2. The lowest BCUT2D eigenvalue weighted by Gasteiger charge is -2.39. The van der Waals surface area contributed by atoms with Gasteiger partial charge in [-0.25, -0.2) is 0 Å². The van der Waals surface area contributed by atoms with Crippen molar-refractivity contribution in [2.75, 3.05) is 6.54 Å². The zero-order valence-electron chi connectivity index (χ0n) is 15.8. The number of benzene rings is 1. The lowest BCUT2D eigenvalue weighted by atomic mass is 9.85. The molecule has 2 aromatic rings. The first-order chi connectivity index (χ1) is 12.1. The highest BCUT2D eigenvalue weighted by molar-refractivity contribution is 5.85. The van der Waals surface area contributed by atoms with Gasteiger partial charge in [0.25, 0.3) is 0 Å². The van der Waals surface area contributed by atoms with Crippen molar-refractivity contribution in [3.63, 3.8) is 0 Å². The quantitative estimate of drug-likeness (QED) is 0.790. The summed E-state index contributed by atoms with van der Waals surface area (Å²) in [4.78, 5) is 7.06. The lowest BCUT2D eigenvalue weighted by molar-refractivity contribution is 0.0489. The second kappa shape index (κ2) is 9.50. The second-order valence-electron chi connectivity index (χ2n) is 7.41. The Labute approximate surface area is 163 Å². The van der Waals surface area contributed by atoms with Crippen molar-refractivity contribution in [1.29, 1.82) is 0 Å². The van der Waals surface area contributed by atoms with E-state index in [1.807, 2.05) is 48.5 Å². The Kier molecular flexibility index (Phi) is 7.63. The third-order valence-corrected chi connectivity index (χ3v) is 5.67. The van der Waals surface area contributed by atoms with Crippen LogP contribution in [-0.2, 0) is 5.60 Å². The number of rotatable bonds is 6. The van der Waals surface area contributed by atoms with E-state index in [0.717, 1.165) is 24.2 Å². The standard InChI is InChI=1S/C22H30N2O.ClH/c1-18-10-8-11-19(2)24(18)17-9-15-22(25,20-12-4-3-5-13-20)21-14-6-7-16-23-21;/h3-7,12-14,16,18-19,25H,8-11,15,17H2,1-2H3;1H. The van der Waals surface area contributed by atoms with E-state index in [1.165, 1.54) is 19.3 Å². The first-order valence-corrected chi connectivity index (χ1v) is 9.56. The number of aliphatic hydroxyl groups is 1. The van der Waals surface area contributed by atoms with Crippen LogP contribution in [0.1, 0.15) is 57.2 Å². The van der Waals surface area contributed by atoms with Gasteiger partial charge in [0, 0.05) is 18.3 Å². The number of pyridine rings is 1. The normalized spacial score (nSPS) is 23.0. The zero-order chi connectivity index (χ0) is 17.7. The van der Waals surface area contributed by atoms with Crippen molar-refractivity contribution in [1.82, 2.24) is 9.88 Å². The van der Waals surface area contributed by atoms with Crippen molar-refractivity contribution in [3.05, 3.63) is 66.0 Å². The first kappa shape index (κ1) is 20.9. The number of piperidine rings is 1. The van der Waals surface area contributed by atoms with Crippen molar-refractivity contribution in [2.45, 2.75) is 63.6 Å². The van der Waals surface area contributed by atoms with Crippen molar-refractivity contribution < 1.29 is 5.11 Å². The summed E-state index contributed by atoms with van der Waals surface area (Å²) in [6.07, 6.45) is 7.31. The van der Waals surface area contributed by atoms with Crippen LogP contribution in [0.4, 0.5) is 0 Å². The average Bonchev–Trinajstić information content (AvgIpc) is 2.65. The van der Waals surface area contributed by atoms with Crippen LogP contribution in [0.3, 0.4) is 0 Å². The highest BCUT2D eigenvalue weighted by Crippen LogP contribution is 2.33. The number of halogens is 1. The molecule has 1 aromatic heterocycles. The Morgan fingerprint density at radius 2 is 1.69 bits per heavy atom. The molecule has 1 aliphatic heterocycles. The van der Waals surface area contributed by atoms with Crippen LogP contribution in [-0.4, -0.2) is 33.6 Å². The van der Waals surface area contributed by atoms with Gasteiger partial charge in [-0.2, -0.15) is 0 Å². The van der Waals surface area contributed by atoms with Crippen LogP contribution < -0.4 is 0 Å². The molecule has 0 spiro atoms. The highest BCUT2D eigenvalue weighted by atomic mass is 35.5. The molecule has 0 amide bonds. The van der Waals surface area contributed by atoms with Gasteiger partial charge in [-0.05, 0) is 63.8 Å². The van der Waals surface area contributed by atoms with E-state index in [2.05, 4.69) is 23.7 Å². The maximum Gasteiger partial charge on any atom is 0.131 e. The number of likely N-dealkylation sites (tertiary alicyclic amines) is 1. The van der Waals surface area contributed by atoms with E-state index in [-0.39, 0.29) is 12.4 Å². The van der Waals surface area contributed by atoms with Crippen LogP contribution in [0.15, 0.2) is 54.7 Å². The van der Waals surface area contributed by atoms with Crippen LogP contribution >= 0.6 is 12.4 Å². The summed E-state index contributed by atoms with van der Waals surface area (Å²) in [5, 5.41) is 11.5. The third-order valence-electron chi connectivity index (χ3n) is 5.67. The maximum absolute atomic E-state index is 11.5. The fourth-order valence-corrected chi connectivity index (χ4v) is 4.17. The predicted molar refractivity (Wildman–Crippen MR) is 110 cm³/mol. The van der Waals surface area contributed by atoms with Gasteiger partial charge in [0.1, 0.15) is 5.60 Å². The van der Waals surface area contributed by atoms with E-state index >= 15 is 0 Å². The van der Waals surface area contributed by atoms with E-state index in [0.29, 0.717) is 18.5 Å². The van der Waals surface area contributed by atoms with E-state index in [9.17, 15) is 5.11 Å². The Morgan fingerprint density at radius 1 is 1.04 bits per heavy atom. The minimum Gasteiger partial charge on any atom is -0.379 e. The molecule has 3 nitrogen and oxygen atoms in total. The third kappa shape index (κ3) is 4.64. The molecule has 3 rings (SSSR count). The van der Waals surface area contributed by atoms with Gasteiger partial charge < -0.3 is 5.11 Å². The molecule has 1 N–H and O–H groups in total. The summed E-state index contributed by atoms with van der Waals surface area (Å²) >= 11 is 0. The molecule has 1 saturated heterocycles. The Bertz CT molecular complexity index is 600. The van der Waals surface area contributed by atoms with E-state index in [4.69, 9.17) is 0 Å². The Hall–Kier alpha value is -1.42. The Morgan fingerprint density at radius 3 is 2.31 bits per heavy atom. The molecular weight excluding hydrogens is 344 g/mol. The first-order valence-electron chi connectivity index (χ1n) is 9.56. The fraction of sp³-hybridized carbons (Fsp3) is 0.500. The average molecular weight is 375 g/mol. The summed E-state index contributed by atoms with van der Waals surface area (Å²) in [5.41, 5.74) is 0.638. The Balaban J connectivity index is 0.00000243. The van der Waals surface area contributed by atoms with Crippen molar-refractivity contribution in [2.24, 2.45) is 0 Å². The van der Waals surface area contributed by atoms with E-state index in [1.54, 1.807) is 6.20 Å². The minimum absolute atomic E-state index is 0. The van der Waals surface area contributed by atoms with Crippen LogP contribution in [0.5, 0.6) is 0 Å². The molecule has 1 aliphatic rings. The summed E-state index contributed by atoms with van der Waals surface area (Å²) in [6, 6.07) is 17.0. The van der Waals surface area contributed by atoms with Gasteiger partial charge in [-0.3, -0.25) is 9.88 Å². The van der Waals surface area contributed by atoms with Crippen LogP contribution in [0.25, 0.3) is 0 Å². The molecule has 26 heavy (non-hydrogen) atoms. The van der Waals surface area contributed by atoms with Gasteiger partial charge in [0.15, 0.2) is 0 Å². The molecule has 1 fully saturated rings. The fourth-order valence-electron chi connectivity index (χ4n) is 4.17. The molecule has 2 heterocycles. The molecule has 142 valence electrons. The summed E-state index contributed by atoms with van der Waals surface area (Å²) in [6.45, 7) is 5.69. The van der Waals surface area contributed by atoms with Gasteiger partial charge >= 0.3 is 0 Å². The van der Waals surface area contributed by atoms with Gasteiger partial charge in [-0.15, -0.1) is 12.4 Å². The lowest BCUT2D eigenvalue weighted by Crippen LogP contribution is -2.44. The van der Waals surface area contributed by atoms with Crippen LogP contribution in [0.2, 0.25) is 0 Å². The molecule has 4 heteroatoms. The molecule has 0 aliphatic carbocycles. The van der Waals surface area contributed by atoms with E-state index < -0.39 is 5.60 Å². The molecule has 0 saturated carbocycles. The van der Waals surface area contributed by atoms with Crippen LogP contribution in [0, 0.1) is 0 Å². The van der Waals surface area contributed by atoms with Gasteiger partial charge in [-0.1, -0.05) is 42.8 Å². The topological polar surface area (TPSA) is 36.4 Å². The second-order valence-corrected chi connectivity index (χ2v) is 7.41.